The number of anilines is 1. The lowest BCUT2D eigenvalue weighted by Gasteiger charge is -2.31. The lowest BCUT2D eigenvalue weighted by Crippen LogP contribution is -2.41. The number of hydrogen-bond acceptors (Lipinski definition) is 5. The van der Waals surface area contributed by atoms with E-state index >= 15 is 0 Å². The van der Waals surface area contributed by atoms with Gasteiger partial charge in [0.05, 0.1) is 17.2 Å². The molecule has 1 aromatic heterocycles. The van der Waals surface area contributed by atoms with E-state index in [2.05, 4.69) is 15.3 Å². The van der Waals surface area contributed by atoms with Crippen molar-refractivity contribution in [2.75, 3.05) is 18.4 Å². The van der Waals surface area contributed by atoms with Gasteiger partial charge in [-0.1, -0.05) is 12.1 Å². The third kappa shape index (κ3) is 4.62. The molecule has 1 aliphatic heterocycles. The highest BCUT2D eigenvalue weighted by Crippen LogP contribution is 2.24. The Morgan fingerprint density at radius 2 is 1.81 bits per heavy atom. The molecule has 0 bridgehead atoms. The number of carbonyl (C=O) groups excluding carboxylic acids is 2. The van der Waals surface area contributed by atoms with Crippen molar-refractivity contribution in [3.05, 3.63) is 77.9 Å². The van der Waals surface area contributed by atoms with Crippen molar-refractivity contribution in [3.8, 4) is 17.5 Å². The molecule has 7 nitrogen and oxygen atoms in total. The van der Waals surface area contributed by atoms with E-state index in [1.165, 1.54) is 6.07 Å². The second-order valence-corrected chi connectivity index (χ2v) is 7.51. The van der Waals surface area contributed by atoms with Crippen LogP contribution in [-0.4, -0.2) is 39.8 Å². The van der Waals surface area contributed by atoms with Gasteiger partial charge in [-0.3, -0.25) is 9.59 Å². The number of likely N-dealkylation sites (tertiary alicyclic amines) is 1. The van der Waals surface area contributed by atoms with Gasteiger partial charge in [0, 0.05) is 42.7 Å². The summed E-state index contributed by atoms with van der Waals surface area (Å²) in [5.41, 5.74) is 1.64. The number of nitrogens with zero attached hydrogens (tertiary/aromatic N) is 4. The standard InChI is InChI=1S/C24H20FN5O2/c25-19-6-5-18(15-26)21(14-19)24(32)30-11-7-16(8-12-30)23(31)29-20-4-1-3-17(13-20)22-27-9-2-10-28-22/h1-6,9-10,13-14,16H,7-8,11-12H2,(H,29,31). The monoisotopic (exact) mass is 429 g/mol. The molecule has 0 aliphatic carbocycles. The first kappa shape index (κ1) is 21.1. The first-order valence-electron chi connectivity index (χ1n) is 10.2. The van der Waals surface area contributed by atoms with Crippen LogP contribution in [0.2, 0.25) is 0 Å². The maximum absolute atomic E-state index is 13.6. The summed E-state index contributed by atoms with van der Waals surface area (Å²) in [4.78, 5) is 35.5. The van der Waals surface area contributed by atoms with Crippen LogP contribution in [-0.2, 0) is 4.79 Å². The zero-order valence-electron chi connectivity index (χ0n) is 17.2. The summed E-state index contributed by atoms with van der Waals surface area (Å²) in [6.45, 7) is 0.715. The van der Waals surface area contributed by atoms with Crippen LogP contribution >= 0.6 is 0 Å². The average Bonchev–Trinajstić information content (AvgIpc) is 2.84. The summed E-state index contributed by atoms with van der Waals surface area (Å²) in [6, 6.07) is 14.5. The Labute approximate surface area is 184 Å². The summed E-state index contributed by atoms with van der Waals surface area (Å²) in [6.07, 6.45) is 4.28. The minimum atomic E-state index is -0.565. The van der Waals surface area contributed by atoms with Crippen LogP contribution in [0.1, 0.15) is 28.8 Å². The van der Waals surface area contributed by atoms with Gasteiger partial charge < -0.3 is 10.2 Å². The van der Waals surface area contributed by atoms with Crippen molar-refractivity contribution in [3.63, 3.8) is 0 Å². The van der Waals surface area contributed by atoms with E-state index in [0.29, 0.717) is 37.4 Å². The first-order valence-corrected chi connectivity index (χ1v) is 10.2. The molecule has 0 unspecified atom stereocenters. The number of benzene rings is 2. The fraction of sp³-hybridized carbons (Fsp3) is 0.208. The van der Waals surface area contributed by atoms with Crippen molar-refractivity contribution < 1.29 is 14.0 Å². The normalized spacial score (nSPS) is 13.9. The Morgan fingerprint density at radius 3 is 2.53 bits per heavy atom. The van der Waals surface area contributed by atoms with E-state index in [-0.39, 0.29) is 23.0 Å². The number of nitriles is 1. The van der Waals surface area contributed by atoms with Gasteiger partial charge in [-0.25, -0.2) is 14.4 Å². The zero-order valence-corrected chi connectivity index (χ0v) is 17.2. The van der Waals surface area contributed by atoms with Crippen molar-refractivity contribution in [1.29, 1.82) is 5.26 Å². The summed E-state index contributed by atoms with van der Waals surface area (Å²) in [7, 11) is 0. The molecule has 2 amide bonds. The van der Waals surface area contributed by atoms with Crippen LogP contribution in [0.3, 0.4) is 0 Å². The molecule has 4 rings (SSSR count). The number of rotatable bonds is 4. The van der Waals surface area contributed by atoms with Gasteiger partial charge in [0.25, 0.3) is 5.91 Å². The molecule has 1 fully saturated rings. The number of hydrogen-bond donors (Lipinski definition) is 1. The molecule has 2 aromatic carbocycles. The van der Waals surface area contributed by atoms with E-state index < -0.39 is 11.7 Å². The van der Waals surface area contributed by atoms with Gasteiger partial charge in [-0.05, 0) is 49.2 Å². The smallest absolute Gasteiger partial charge is 0.255 e. The number of aromatic nitrogens is 2. The largest absolute Gasteiger partial charge is 0.339 e. The molecule has 1 saturated heterocycles. The zero-order chi connectivity index (χ0) is 22.5. The third-order valence-electron chi connectivity index (χ3n) is 5.44. The fourth-order valence-corrected chi connectivity index (χ4v) is 3.73. The molecule has 0 saturated carbocycles. The second-order valence-electron chi connectivity index (χ2n) is 7.51. The van der Waals surface area contributed by atoms with Gasteiger partial charge in [0.2, 0.25) is 5.91 Å². The fourth-order valence-electron chi connectivity index (χ4n) is 3.73. The lowest BCUT2D eigenvalue weighted by atomic mass is 9.95. The van der Waals surface area contributed by atoms with Gasteiger partial charge in [-0.15, -0.1) is 0 Å². The van der Waals surface area contributed by atoms with E-state index in [4.69, 9.17) is 0 Å². The van der Waals surface area contributed by atoms with Crippen LogP contribution in [0.4, 0.5) is 10.1 Å². The summed E-state index contributed by atoms with van der Waals surface area (Å²) < 4.78 is 13.6. The summed E-state index contributed by atoms with van der Waals surface area (Å²) in [5.74, 6) is -0.755. The molecule has 1 N–H and O–H groups in total. The van der Waals surface area contributed by atoms with E-state index in [1.807, 2.05) is 24.3 Å². The van der Waals surface area contributed by atoms with Crippen molar-refractivity contribution >= 4 is 17.5 Å². The van der Waals surface area contributed by atoms with Gasteiger partial charge in [0.15, 0.2) is 5.82 Å². The maximum atomic E-state index is 13.6. The van der Waals surface area contributed by atoms with Crippen LogP contribution in [0.5, 0.6) is 0 Å². The molecule has 160 valence electrons. The molecule has 0 spiro atoms. The summed E-state index contributed by atoms with van der Waals surface area (Å²) >= 11 is 0. The predicted octanol–water partition coefficient (Wildman–Crippen LogP) is 3.65. The molecular formula is C24H20FN5O2. The highest BCUT2D eigenvalue weighted by atomic mass is 19.1. The molecule has 32 heavy (non-hydrogen) atoms. The SMILES string of the molecule is N#Cc1ccc(F)cc1C(=O)N1CCC(C(=O)Nc2cccc(-c3ncccn3)c2)CC1. The quantitative estimate of drug-likeness (QED) is 0.683. The maximum Gasteiger partial charge on any atom is 0.255 e. The highest BCUT2D eigenvalue weighted by molar-refractivity contribution is 5.97. The Kier molecular flexibility index (Phi) is 6.17. The Balaban J connectivity index is 1.38. The van der Waals surface area contributed by atoms with E-state index in [0.717, 1.165) is 17.7 Å². The first-order chi connectivity index (χ1) is 15.5. The second kappa shape index (κ2) is 9.35. The number of nitrogens with one attached hydrogen (secondary N) is 1. The van der Waals surface area contributed by atoms with Crippen LogP contribution in [0.25, 0.3) is 11.4 Å². The van der Waals surface area contributed by atoms with Crippen LogP contribution < -0.4 is 5.32 Å². The Morgan fingerprint density at radius 1 is 1.06 bits per heavy atom. The van der Waals surface area contributed by atoms with Crippen molar-refractivity contribution in [2.24, 2.45) is 5.92 Å². The number of amides is 2. The number of piperidine rings is 1. The van der Waals surface area contributed by atoms with E-state index in [9.17, 15) is 19.2 Å². The van der Waals surface area contributed by atoms with Crippen LogP contribution in [0.15, 0.2) is 60.9 Å². The minimum absolute atomic E-state index is 0.0512. The summed E-state index contributed by atoms with van der Waals surface area (Å²) in [5, 5.41) is 12.1. The third-order valence-corrected chi connectivity index (χ3v) is 5.44. The van der Waals surface area contributed by atoms with Gasteiger partial charge >= 0.3 is 0 Å². The molecule has 3 aromatic rings. The lowest BCUT2D eigenvalue weighted by molar-refractivity contribution is -0.121. The predicted molar refractivity (Wildman–Crippen MR) is 116 cm³/mol. The topological polar surface area (TPSA) is 99.0 Å². The van der Waals surface area contributed by atoms with Gasteiger partial charge in [0.1, 0.15) is 5.82 Å². The molecule has 1 aliphatic rings. The van der Waals surface area contributed by atoms with Gasteiger partial charge in [-0.2, -0.15) is 5.26 Å². The number of carbonyl (C=O) groups is 2. The van der Waals surface area contributed by atoms with Crippen molar-refractivity contribution in [1.82, 2.24) is 14.9 Å². The molecular weight excluding hydrogens is 409 g/mol. The van der Waals surface area contributed by atoms with E-state index in [1.54, 1.807) is 29.4 Å². The molecule has 0 atom stereocenters. The number of halogens is 1. The molecule has 0 radical (unpaired) electrons. The Hall–Kier alpha value is -4.12. The minimum Gasteiger partial charge on any atom is -0.339 e. The highest BCUT2D eigenvalue weighted by Gasteiger charge is 2.29. The van der Waals surface area contributed by atoms with Crippen molar-refractivity contribution in [2.45, 2.75) is 12.8 Å². The Bertz CT molecular complexity index is 1180. The molecule has 2 heterocycles. The average molecular weight is 429 g/mol. The molecule has 8 heteroatoms. The van der Waals surface area contributed by atoms with Crippen LogP contribution in [0, 0.1) is 23.1 Å².